The van der Waals surface area contributed by atoms with E-state index in [9.17, 15) is 4.79 Å². The van der Waals surface area contributed by atoms with Crippen LogP contribution >= 0.6 is 0 Å². The van der Waals surface area contributed by atoms with Gasteiger partial charge in [0.25, 0.3) is 0 Å². The molecule has 1 atom stereocenters. The first kappa shape index (κ1) is 14.1. The van der Waals surface area contributed by atoms with Crippen molar-refractivity contribution in [1.82, 2.24) is 0 Å². The van der Waals surface area contributed by atoms with Crippen molar-refractivity contribution in [2.75, 3.05) is 0 Å². The van der Waals surface area contributed by atoms with E-state index in [1.165, 1.54) is 0 Å². The van der Waals surface area contributed by atoms with E-state index in [-0.39, 0.29) is 50.6 Å². The molecule has 0 heterocycles. The predicted octanol–water partition coefficient (Wildman–Crippen LogP) is 2.15. The van der Waals surface area contributed by atoms with Crippen LogP contribution in [0, 0.1) is 12.8 Å². The molecule has 63 valence electrons. The molecule has 0 rings (SSSR count). The summed E-state index contributed by atoms with van der Waals surface area (Å²) in [5, 5.41) is 3.85. The summed E-state index contributed by atoms with van der Waals surface area (Å²) in [6, 6.07) is 0.100. The zero-order chi connectivity index (χ0) is 8.15. The van der Waals surface area contributed by atoms with Crippen molar-refractivity contribution in [3.05, 3.63) is 12.2 Å². The van der Waals surface area contributed by atoms with Gasteiger partial charge in [0.15, 0.2) is 0 Å². The standard InChI is InChI=1S/C8H16NO.Y/c1-5-7(4)8(10)9-6(2)3;/h6-7H,4-5H2,1-3H3,(H,9,10);/q-1;/p-1. The summed E-state index contributed by atoms with van der Waals surface area (Å²) < 4.78 is 0. The number of carbonyl (C=O) groups is 1. The van der Waals surface area contributed by atoms with Gasteiger partial charge in [-0.1, -0.05) is 27.2 Å². The number of hydrogen-bond acceptors (Lipinski definition) is 1. The number of hydrogen-bond donors (Lipinski definition) is 0. The van der Waals surface area contributed by atoms with Crippen molar-refractivity contribution >= 4 is 5.91 Å². The Morgan fingerprint density at radius 3 is 2.27 bits per heavy atom. The molecule has 11 heavy (non-hydrogen) atoms. The Labute approximate surface area is 94.4 Å². The molecule has 0 saturated heterocycles. The van der Waals surface area contributed by atoms with Gasteiger partial charge in [-0.2, -0.15) is 0 Å². The Hall–Kier alpha value is 0.574. The smallest absolute Gasteiger partial charge is 0.0240 e. The molecule has 0 aromatic carbocycles. The molecule has 0 spiro atoms. The van der Waals surface area contributed by atoms with Gasteiger partial charge in [-0.05, 0) is 0 Å². The molecule has 0 saturated carbocycles. The molecular weight excluding hydrogens is 215 g/mol. The summed E-state index contributed by atoms with van der Waals surface area (Å²) >= 11 is 0. The van der Waals surface area contributed by atoms with E-state index in [0.717, 1.165) is 6.42 Å². The van der Waals surface area contributed by atoms with Gasteiger partial charge in [-0.25, -0.2) is 0 Å². The van der Waals surface area contributed by atoms with Gasteiger partial charge in [0.1, 0.15) is 0 Å². The molecule has 0 aliphatic carbocycles. The minimum atomic E-state index is -0.151. The molecule has 3 heteroatoms. The van der Waals surface area contributed by atoms with Crippen LogP contribution in [0.1, 0.15) is 27.2 Å². The summed E-state index contributed by atoms with van der Waals surface area (Å²) in [4.78, 5) is 11.0. The van der Waals surface area contributed by atoms with E-state index in [2.05, 4.69) is 12.2 Å². The van der Waals surface area contributed by atoms with E-state index >= 15 is 0 Å². The molecule has 0 bridgehead atoms. The summed E-state index contributed by atoms with van der Waals surface area (Å²) in [6.07, 6.45) is 0.773. The van der Waals surface area contributed by atoms with Crippen LogP contribution in [-0.4, -0.2) is 11.9 Å². The third-order valence-electron chi connectivity index (χ3n) is 1.23. The molecule has 0 aliphatic heterocycles. The number of amides is 1. The van der Waals surface area contributed by atoms with Gasteiger partial charge in [0, 0.05) is 38.6 Å². The first-order chi connectivity index (χ1) is 4.57. The van der Waals surface area contributed by atoms with Crippen LogP contribution in [0.2, 0.25) is 0 Å². The summed E-state index contributed by atoms with van der Waals surface area (Å²) in [6.45, 7) is 9.38. The van der Waals surface area contributed by atoms with Crippen molar-refractivity contribution in [3.8, 4) is 0 Å². The molecular formula is C8H15NOY-2. The third kappa shape index (κ3) is 6.95. The van der Waals surface area contributed by atoms with E-state index in [1.807, 2.05) is 20.8 Å². The Bertz CT molecular complexity index is 115. The fourth-order valence-corrected chi connectivity index (χ4v) is 0.535. The van der Waals surface area contributed by atoms with E-state index < -0.39 is 0 Å². The maximum absolute atomic E-state index is 11.0. The van der Waals surface area contributed by atoms with Crippen LogP contribution in [0.4, 0.5) is 0 Å². The monoisotopic (exact) mass is 230 g/mol. The van der Waals surface area contributed by atoms with Crippen LogP contribution in [0.25, 0.3) is 5.32 Å². The van der Waals surface area contributed by atoms with Crippen molar-refractivity contribution < 1.29 is 37.5 Å². The Balaban J connectivity index is 0. The molecule has 0 aromatic rings. The quantitative estimate of drug-likeness (QED) is 0.683. The molecule has 0 aliphatic rings. The second-order valence-electron chi connectivity index (χ2n) is 2.67. The van der Waals surface area contributed by atoms with Gasteiger partial charge in [-0.3, -0.25) is 0 Å². The second-order valence-corrected chi connectivity index (χ2v) is 2.67. The van der Waals surface area contributed by atoms with Crippen LogP contribution in [0.15, 0.2) is 0 Å². The molecule has 0 fully saturated rings. The van der Waals surface area contributed by atoms with Gasteiger partial charge < -0.3 is 17.0 Å². The Morgan fingerprint density at radius 1 is 1.55 bits per heavy atom. The Morgan fingerprint density at radius 2 is 2.00 bits per heavy atom. The van der Waals surface area contributed by atoms with E-state index in [0.29, 0.717) is 0 Å². The van der Waals surface area contributed by atoms with E-state index in [4.69, 9.17) is 0 Å². The second kappa shape index (κ2) is 7.24. The van der Waals surface area contributed by atoms with Crippen LogP contribution in [0.5, 0.6) is 0 Å². The van der Waals surface area contributed by atoms with Gasteiger partial charge in [-0.15, -0.1) is 12.0 Å². The van der Waals surface area contributed by atoms with Gasteiger partial charge in [0.05, 0.1) is 0 Å². The van der Waals surface area contributed by atoms with Gasteiger partial charge >= 0.3 is 0 Å². The summed E-state index contributed by atoms with van der Waals surface area (Å²) in [5.74, 6) is -0.222. The zero-order valence-corrected chi connectivity index (χ0v) is 10.3. The molecule has 1 unspecified atom stereocenters. The third-order valence-corrected chi connectivity index (χ3v) is 1.23. The summed E-state index contributed by atoms with van der Waals surface area (Å²) in [7, 11) is 0. The first-order valence-corrected chi connectivity index (χ1v) is 3.65. The van der Waals surface area contributed by atoms with Gasteiger partial charge in [0.2, 0.25) is 0 Å². The average Bonchev–Trinajstić information content (AvgIpc) is 1.85. The fourth-order valence-electron chi connectivity index (χ4n) is 0.535. The van der Waals surface area contributed by atoms with E-state index in [1.54, 1.807) is 0 Å². The SMILES string of the molecule is [CH2-]C(CC)C(=O)[N-]C(C)C.[Y]. The molecule has 2 nitrogen and oxygen atoms in total. The number of nitrogens with zero attached hydrogens (tertiary/aromatic N) is 1. The largest absolute Gasteiger partial charge is 0.653 e. The van der Waals surface area contributed by atoms with Crippen molar-refractivity contribution in [2.45, 2.75) is 33.2 Å². The van der Waals surface area contributed by atoms with Crippen molar-refractivity contribution in [2.24, 2.45) is 5.92 Å². The average molecular weight is 230 g/mol. The minimum absolute atomic E-state index is 0. The van der Waals surface area contributed by atoms with Crippen LogP contribution in [-0.2, 0) is 37.5 Å². The molecule has 0 aromatic heterocycles. The predicted molar refractivity (Wildman–Crippen MR) is 42.6 cm³/mol. The van der Waals surface area contributed by atoms with Crippen LogP contribution < -0.4 is 0 Å². The number of rotatable bonds is 3. The molecule has 1 amide bonds. The topological polar surface area (TPSA) is 31.2 Å². The zero-order valence-electron chi connectivity index (χ0n) is 7.50. The molecule has 0 N–H and O–H groups in total. The number of carbonyl (C=O) groups excluding carboxylic acids is 1. The normalized spacial score (nSPS) is 12.1. The minimum Gasteiger partial charge on any atom is -0.653 e. The maximum atomic E-state index is 11.0. The van der Waals surface area contributed by atoms with Crippen molar-refractivity contribution in [1.29, 1.82) is 0 Å². The Kier molecular flexibility index (Phi) is 9.29. The first-order valence-electron chi connectivity index (χ1n) is 3.65. The van der Waals surface area contributed by atoms with Crippen molar-refractivity contribution in [3.63, 3.8) is 0 Å². The summed E-state index contributed by atoms with van der Waals surface area (Å²) in [5.41, 5.74) is 0. The van der Waals surface area contributed by atoms with Crippen LogP contribution in [0.3, 0.4) is 0 Å². The maximum Gasteiger partial charge on any atom is 0.0240 e. The molecule has 1 radical (unpaired) electrons. The fraction of sp³-hybridized carbons (Fsp3) is 0.750.